The van der Waals surface area contributed by atoms with Gasteiger partial charge in [-0.15, -0.1) is 0 Å². The molecule has 2 aliphatic heterocycles. The van der Waals surface area contributed by atoms with Crippen molar-refractivity contribution < 1.29 is 40.2 Å². The molecule has 308 valence electrons. The van der Waals surface area contributed by atoms with Crippen LogP contribution >= 0.6 is 0 Å². The second kappa shape index (κ2) is 14.9. The Morgan fingerprint density at radius 3 is 2.53 bits per heavy atom. The number of hydrogen-bond donors (Lipinski definition) is 9. The fourth-order valence-corrected chi connectivity index (χ4v) is 13.0. The van der Waals surface area contributed by atoms with Gasteiger partial charge in [-0.2, -0.15) is 0 Å². The van der Waals surface area contributed by atoms with Crippen LogP contribution in [0.4, 0.5) is 0 Å². The molecule has 11 heteroatoms. The van der Waals surface area contributed by atoms with E-state index < -0.39 is 64.4 Å². The van der Waals surface area contributed by atoms with Gasteiger partial charge in [0.15, 0.2) is 5.78 Å². The van der Waals surface area contributed by atoms with Crippen LogP contribution < -0.4 is 16.4 Å². The summed E-state index contributed by atoms with van der Waals surface area (Å²) in [5, 5.41) is 77.9. The lowest BCUT2D eigenvalue weighted by molar-refractivity contribution is -0.201. The summed E-state index contributed by atoms with van der Waals surface area (Å²) in [7, 11) is 0. The number of allylic oxidation sites excluding steroid dienone is 5. The third-order valence-electron chi connectivity index (χ3n) is 15.9. The molecule has 0 radical (unpaired) electrons. The van der Waals surface area contributed by atoms with Crippen molar-refractivity contribution >= 4 is 5.78 Å². The molecule has 55 heavy (non-hydrogen) atoms. The number of nitrogens with one attached hydrogen (secondary N) is 2. The Bertz CT molecular complexity index is 1590. The summed E-state index contributed by atoms with van der Waals surface area (Å²) < 4.78 is 6.30. The number of carbonyl (C=O) groups excluding carboxylic acids is 1. The van der Waals surface area contributed by atoms with Gasteiger partial charge in [0.1, 0.15) is 6.10 Å². The fraction of sp³-hybridized carbons (Fsp3) is 0.795. The van der Waals surface area contributed by atoms with Gasteiger partial charge in [-0.1, -0.05) is 58.8 Å². The van der Waals surface area contributed by atoms with E-state index in [9.17, 15) is 30.6 Å². The Kier molecular flexibility index (Phi) is 11.2. The van der Waals surface area contributed by atoms with E-state index in [1.165, 1.54) is 0 Å². The standard InChI is InChI=1S/C44H69N3O8/c1-23(2)8-7-9-29-22-55-39(25(29)4)40(52)42(6,53)33-14-15-44(54)36-35-27(17-41(33,44)5)11-10-26(28-12-13-34(45)46-21-28)18-43(35)19-32(50)31(49)16-30(43)38(51)37(36)47-20-24(3)48/h10-13,21,23-27,29-35,39-40,46-50,52-54H,7-9,14-20,22,45H2,1-6H3. The highest BCUT2D eigenvalue weighted by Crippen LogP contribution is 2.72. The molecule has 0 amide bonds. The van der Waals surface area contributed by atoms with Gasteiger partial charge in [0.25, 0.3) is 0 Å². The van der Waals surface area contributed by atoms with E-state index in [0.29, 0.717) is 49.0 Å². The molecule has 4 fully saturated rings. The Hall–Kier alpha value is -2.09. The maximum Gasteiger partial charge on any atom is 0.182 e. The topological polar surface area (TPSA) is 198 Å². The van der Waals surface area contributed by atoms with Crippen LogP contribution in [0.2, 0.25) is 0 Å². The van der Waals surface area contributed by atoms with Crippen molar-refractivity contribution in [1.82, 2.24) is 10.6 Å². The Morgan fingerprint density at radius 1 is 1.11 bits per heavy atom. The zero-order valence-corrected chi connectivity index (χ0v) is 33.8. The van der Waals surface area contributed by atoms with E-state index in [2.05, 4.69) is 43.6 Å². The van der Waals surface area contributed by atoms with Crippen molar-refractivity contribution in [2.24, 2.45) is 63.9 Å². The number of nitrogens with two attached hydrogens (primary N) is 1. The van der Waals surface area contributed by atoms with Gasteiger partial charge in [-0.25, -0.2) is 0 Å². The van der Waals surface area contributed by atoms with Crippen LogP contribution in [0.5, 0.6) is 0 Å². The Labute approximate surface area is 327 Å². The summed E-state index contributed by atoms with van der Waals surface area (Å²) >= 11 is 0. The summed E-state index contributed by atoms with van der Waals surface area (Å²) in [4.78, 5) is 15.1. The molecule has 17 unspecified atom stereocenters. The lowest BCUT2D eigenvalue weighted by Crippen LogP contribution is -2.67. The first kappa shape index (κ1) is 41.1. The number of dihydropyridines is 1. The highest BCUT2D eigenvalue weighted by Gasteiger charge is 2.73. The monoisotopic (exact) mass is 768 g/mol. The van der Waals surface area contributed by atoms with E-state index in [1.807, 2.05) is 25.3 Å². The lowest BCUT2D eigenvalue weighted by Gasteiger charge is -2.64. The first-order chi connectivity index (χ1) is 25.9. The van der Waals surface area contributed by atoms with Gasteiger partial charge in [-0.3, -0.25) is 4.79 Å². The minimum absolute atomic E-state index is 0.0474. The van der Waals surface area contributed by atoms with Crippen LogP contribution in [0.3, 0.4) is 0 Å². The molecule has 1 spiro atoms. The molecule has 17 atom stereocenters. The summed E-state index contributed by atoms with van der Waals surface area (Å²) in [6, 6.07) is 0. The summed E-state index contributed by atoms with van der Waals surface area (Å²) in [5.74, 6) is -1.13. The third kappa shape index (κ3) is 6.70. The van der Waals surface area contributed by atoms with Crippen molar-refractivity contribution in [3.05, 3.63) is 47.3 Å². The average molecular weight is 768 g/mol. The summed E-state index contributed by atoms with van der Waals surface area (Å²) in [6.45, 7) is 12.6. The Balaban J connectivity index is 1.31. The maximum absolute atomic E-state index is 15.1. The molecule has 7 aliphatic rings. The second-order valence-electron chi connectivity index (χ2n) is 19.8. The van der Waals surface area contributed by atoms with Gasteiger partial charge in [0.05, 0.1) is 54.1 Å². The quantitative estimate of drug-likeness (QED) is 0.140. The number of Topliss-reactive ketones (excluding diaryl/α,β-unsaturated/α-hetero) is 1. The Morgan fingerprint density at radius 2 is 1.85 bits per heavy atom. The van der Waals surface area contributed by atoms with E-state index >= 15 is 4.79 Å². The smallest absolute Gasteiger partial charge is 0.182 e. The molecule has 10 N–H and O–H groups in total. The van der Waals surface area contributed by atoms with E-state index in [4.69, 9.17) is 10.5 Å². The first-order valence-electron chi connectivity index (χ1n) is 21.2. The van der Waals surface area contributed by atoms with Crippen molar-refractivity contribution in [3.63, 3.8) is 0 Å². The van der Waals surface area contributed by atoms with Crippen LogP contribution in [0.25, 0.3) is 0 Å². The molecule has 0 bridgehead atoms. The highest BCUT2D eigenvalue weighted by molar-refractivity contribution is 6.00. The highest BCUT2D eigenvalue weighted by atomic mass is 16.5. The normalized spacial score (nSPS) is 45.9. The molecule has 2 heterocycles. The van der Waals surface area contributed by atoms with Crippen molar-refractivity contribution in [1.29, 1.82) is 0 Å². The predicted octanol–water partition coefficient (Wildman–Crippen LogP) is 3.19. The maximum atomic E-state index is 15.1. The molecule has 0 aromatic rings. The minimum Gasteiger partial charge on any atom is -0.392 e. The van der Waals surface area contributed by atoms with Crippen LogP contribution in [-0.2, 0) is 9.53 Å². The number of fused-ring (bicyclic) bond motifs is 2. The third-order valence-corrected chi connectivity index (χ3v) is 15.9. The van der Waals surface area contributed by atoms with Gasteiger partial charge in [0, 0.05) is 30.0 Å². The molecule has 3 saturated carbocycles. The molecule has 7 rings (SSSR count). The van der Waals surface area contributed by atoms with Crippen LogP contribution in [-0.4, -0.2) is 97.5 Å². The van der Waals surface area contributed by atoms with E-state index in [0.717, 1.165) is 24.8 Å². The van der Waals surface area contributed by atoms with Crippen molar-refractivity contribution in [3.8, 4) is 0 Å². The number of hydrogen-bond acceptors (Lipinski definition) is 11. The molecular formula is C44H69N3O8. The van der Waals surface area contributed by atoms with Gasteiger partial charge < -0.3 is 51.7 Å². The number of aliphatic hydroxyl groups excluding tert-OH is 4. The van der Waals surface area contributed by atoms with Crippen LogP contribution in [0.15, 0.2) is 47.3 Å². The largest absolute Gasteiger partial charge is 0.392 e. The molecule has 0 aromatic carbocycles. The molecule has 5 aliphatic carbocycles. The first-order valence-corrected chi connectivity index (χ1v) is 21.2. The van der Waals surface area contributed by atoms with Crippen LogP contribution in [0, 0.1) is 58.2 Å². The predicted molar refractivity (Wildman–Crippen MR) is 210 cm³/mol. The van der Waals surface area contributed by atoms with E-state index in [-0.39, 0.29) is 61.4 Å². The number of rotatable bonds is 11. The van der Waals surface area contributed by atoms with Crippen LogP contribution in [0.1, 0.15) is 99.3 Å². The van der Waals surface area contributed by atoms with Gasteiger partial charge in [-0.05, 0) is 117 Å². The zero-order valence-electron chi connectivity index (χ0n) is 33.8. The lowest BCUT2D eigenvalue weighted by atomic mass is 9.41. The second-order valence-corrected chi connectivity index (χ2v) is 19.8. The molecule has 11 nitrogen and oxygen atoms in total. The summed E-state index contributed by atoms with van der Waals surface area (Å²) in [5.41, 5.74) is 3.05. The van der Waals surface area contributed by atoms with Gasteiger partial charge in [0.2, 0.25) is 0 Å². The fourth-order valence-electron chi connectivity index (χ4n) is 13.0. The molecule has 1 saturated heterocycles. The molecule has 0 aromatic heterocycles. The van der Waals surface area contributed by atoms with E-state index in [1.54, 1.807) is 13.8 Å². The number of aliphatic hydroxyl groups is 6. The zero-order chi connectivity index (χ0) is 39.8. The minimum atomic E-state index is -1.63. The number of ketones is 1. The van der Waals surface area contributed by atoms with Crippen molar-refractivity contribution in [2.45, 2.75) is 147 Å². The number of ether oxygens (including phenoxy) is 1. The summed E-state index contributed by atoms with van der Waals surface area (Å²) in [6.07, 6.45) is 10.5. The number of carbonyl (C=O) groups is 1. The van der Waals surface area contributed by atoms with Gasteiger partial charge >= 0.3 is 0 Å². The molecular weight excluding hydrogens is 698 g/mol. The van der Waals surface area contributed by atoms with Crippen molar-refractivity contribution in [2.75, 3.05) is 13.2 Å². The SMILES string of the molecule is CC(C)CCCC1COC(C(O)C(C)(O)C2CCC3(O)C4=C(NCC(C)O)C(=O)C5CC(O)C(O)CC56CC(C5=CNC(N)C=C5)C=CC(CC23C)C46)C1C. The average Bonchev–Trinajstić information content (AvgIpc) is 3.56.